The van der Waals surface area contributed by atoms with Crippen molar-refractivity contribution in [2.75, 3.05) is 13.2 Å². The van der Waals surface area contributed by atoms with Crippen LogP contribution >= 0.6 is 0 Å². The standard InChI is InChI=1S/C13H26N2O2/c1-4-13(3)10(9-11(13)17-5-2)15-8-6-7-12(14)16/h10-11,15H,4-9H2,1-3H3,(H2,14,16). The van der Waals surface area contributed by atoms with Crippen LogP contribution in [0.5, 0.6) is 0 Å². The molecule has 0 aromatic carbocycles. The van der Waals surface area contributed by atoms with Crippen LogP contribution < -0.4 is 11.1 Å². The summed E-state index contributed by atoms with van der Waals surface area (Å²) >= 11 is 0. The molecule has 1 rings (SSSR count). The molecule has 0 radical (unpaired) electrons. The third-order valence-corrected chi connectivity index (χ3v) is 4.10. The second-order valence-corrected chi connectivity index (χ2v) is 5.12. The molecule has 1 saturated carbocycles. The van der Waals surface area contributed by atoms with Crippen LogP contribution in [0.15, 0.2) is 0 Å². The molecule has 3 N–H and O–H groups in total. The number of carbonyl (C=O) groups is 1. The minimum atomic E-state index is -0.217. The molecule has 0 aromatic heterocycles. The Morgan fingerprint density at radius 1 is 1.53 bits per heavy atom. The Morgan fingerprint density at radius 3 is 2.76 bits per heavy atom. The molecule has 0 bridgehead atoms. The van der Waals surface area contributed by atoms with Gasteiger partial charge in [0.2, 0.25) is 5.91 Å². The maximum absolute atomic E-state index is 10.6. The Kier molecular flexibility index (Phi) is 5.40. The van der Waals surface area contributed by atoms with E-state index in [9.17, 15) is 4.79 Å². The summed E-state index contributed by atoms with van der Waals surface area (Å²) in [6.45, 7) is 8.19. The summed E-state index contributed by atoms with van der Waals surface area (Å²) in [5, 5.41) is 3.52. The minimum absolute atomic E-state index is 0.217. The summed E-state index contributed by atoms with van der Waals surface area (Å²) < 4.78 is 5.74. The lowest BCUT2D eigenvalue weighted by atomic mass is 9.61. The van der Waals surface area contributed by atoms with Gasteiger partial charge in [-0.1, -0.05) is 13.8 Å². The van der Waals surface area contributed by atoms with Gasteiger partial charge in [0.05, 0.1) is 6.10 Å². The van der Waals surface area contributed by atoms with Crippen LogP contribution in [0.1, 0.15) is 46.5 Å². The maximum atomic E-state index is 10.6. The summed E-state index contributed by atoms with van der Waals surface area (Å²) in [6.07, 6.45) is 3.87. The van der Waals surface area contributed by atoms with E-state index in [1.807, 2.05) is 6.92 Å². The first kappa shape index (κ1) is 14.5. The van der Waals surface area contributed by atoms with E-state index in [1.165, 1.54) is 0 Å². The largest absolute Gasteiger partial charge is 0.378 e. The molecule has 0 aliphatic heterocycles. The molecular weight excluding hydrogens is 216 g/mol. The quantitative estimate of drug-likeness (QED) is 0.633. The highest BCUT2D eigenvalue weighted by atomic mass is 16.5. The summed E-state index contributed by atoms with van der Waals surface area (Å²) in [5.41, 5.74) is 5.35. The van der Waals surface area contributed by atoms with Crippen LogP contribution in [0.3, 0.4) is 0 Å². The smallest absolute Gasteiger partial charge is 0.217 e. The zero-order chi connectivity index (χ0) is 12.9. The van der Waals surface area contributed by atoms with E-state index in [2.05, 4.69) is 19.2 Å². The highest BCUT2D eigenvalue weighted by molar-refractivity contribution is 5.73. The Morgan fingerprint density at radius 2 is 2.24 bits per heavy atom. The average molecular weight is 242 g/mol. The number of hydrogen-bond acceptors (Lipinski definition) is 3. The summed E-state index contributed by atoms with van der Waals surface area (Å²) in [5.74, 6) is -0.217. The molecule has 100 valence electrons. The maximum Gasteiger partial charge on any atom is 0.217 e. The van der Waals surface area contributed by atoms with E-state index >= 15 is 0 Å². The van der Waals surface area contributed by atoms with Crippen molar-refractivity contribution in [2.24, 2.45) is 11.1 Å². The number of hydrogen-bond donors (Lipinski definition) is 2. The van der Waals surface area contributed by atoms with Crippen LogP contribution in [-0.2, 0) is 9.53 Å². The lowest BCUT2D eigenvalue weighted by Gasteiger charge is -2.53. The third kappa shape index (κ3) is 3.42. The molecule has 4 nitrogen and oxygen atoms in total. The van der Waals surface area contributed by atoms with Crippen LogP contribution in [-0.4, -0.2) is 31.2 Å². The zero-order valence-electron chi connectivity index (χ0n) is 11.3. The Balaban J connectivity index is 2.28. The van der Waals surface area contributed by atoms with Crippen molar-refractivity contribution >= 4 is 5.91 Å². The zero-order valence-corrected chi connectivity index (χ0v) is 11.3. The van der Waals surface area contributed by atoms with E-state index < -0.39 is 0 Å². The van der Waals surface area contributed by atoms with Crippen molar-refractivity contribution in [1.29, 1.82) is 0 Å². The second-order valence-electron chi connectivity index (χ2n) is 5.12. The van der Waals surface area contributed by atoms with E-state index in [0.717, 1.165) is 32.4 Å². The topological polar surface area (TPSA) is 64.3 Å². The van der Waals surface area contributed by atoms with Crippen molar-refractivity contribution in [1.82, 2.24) is 5.32 Å². The van der Waals surface area contributed by atoms with E-state index in [1.54, 1.807) is 0 Å². The van der Waals surface area contributed by atoms with E-state index in [-0.39, 0.29) is 11.3 Å². The minimum Gasteiger partial charge on any atom is -0.378 e. The Labute approximate surface area is 104 Å². The molecule has 3 unspecified atom stereocenters. The number of ether oxygens (including phenoxy) is 1. The fourth-order valence-electron chi connectivity index (χ4n) is 2.61. The molecule has 3 atom stereocenters. The Bertz CT molecular complexity index is 258. The lowest BCUT2D eigenvalue weighted by molar-refractivity contribution is -0.126. The molecule has 0 heterocycles. The van der Waals surface area contributed by atoms with Gasteiger partial charge >= 0.3 is 0 Å². The van der Waals surface area contributed by atoms with E-state index in [4.69, 9.17) is 10.5 Å². The molecule has 1 aliphatic carbocycles. The second kappa shape index (κ2) is 6.36. The van der Waals surface area contributed by atoms with Gasteiger partial charge in [0.15, 0.2) is 0 Å². The number of nitrogens with one attached hydrogen (secondary N) is 1. The Hall–Kier alpha value is -0.610. The summed E-state index contributed by atoms with van der Waals surface area (Å²) in [7, 11) is 0. The number of amides is 1. The highest BCUT2D eigenvalue weighted by Gasteiger charge is 2.50. The summed E-state index contributed by atoms with van der Waals surface area (Å²) in [6, 6.07) is 0.511. The lowest BCUT2D eigenvalue weighted by Crippen LogP contribution is -2.62. The van der Waals surface area contributed by atoms with Gasteiger partial charge in [-0.05, 0) is 32.7 Å². The van der Waals surface area contributed by atoms with Gasteiger partial charge in [-0.3, -0.25) is 4.79 Å². The number of carbonyl (C=O) groups excluding carboxylic acids is 1. The fourth-order valence-corrected chi connectivity index (χ4v) is 2.61. The fraction of sp³-hybridized carbons (Fsp3) is 0.923. The average Bonchev–Trinajstić information content (AvgIpc) is 2.30. The van der Waals surface area contributed by atoms with E-state index in [0.29, 0.717) is 18.6 Å². The monoisotopic (exact) mass is 242 g/mol. The molecule has 4 heteroatoms. The SMILES string of the molecule is CCOC1CC(NCCCC(N)=O)C1(C)CC. The normalized spacial score (nSPS) is 32.2. The van der Waals surface area contributed by atoms with Crippen molar-refractivity contribution < 1.29 is 9.53 Å². The predicted molar refractivity (Wildman–Crippen MR) is 68.6 cm³/mol. The predicted octanol–water partition coefficient (Wildman–Crippen LogP) is 1.44. The van der Waals surface area contributed by atoms with Crippen molar-refractivity contribution in [3.63, 3.8) is 0 Å². The number of nitrogens with two attached hydrogens (primary N) is 1. The van der Waals surface area contributed by atoms with Gasteiger partial charge in [0.25, 0.3) is 0 Å². The van der Waals surface area contributed by atoms with Gasteiger partial charge in [-0.25, -0.2) is 0 Å². The van der Waals surface area contributed by atoms with Crippen LogP contribution in [0, 0.1) is 5.41 Å². The first-order valence-electron chi connectivity index (χ1n) is 6.67. The molecule has 1 amide bonds. The molecule has 0 saturated heterocycles. The van der Waals surface area contributed by atoms with Gasteiger partial charge in [0.1, 0.15) is 0 Å². The van der Waals surface area contributed by atoms with Crippen LogP contribution in [0.4, 0.5) is 0 Å². The van der Waals surface area contributed by atoms with Crippen LogP contribution in [0.25, 0.3) is 0 Å². The summed E-state index contributed by atoms with van der Waals surface area (Å²) in [4.78, 5) is 10.6. The molecular formula is C13H26N2O2. The molecule has 1 fully saturated rings. The number of rotatable bonds is 8. The molecule has 17 heavy (non-hydrogen) atoms. The first-order chi connectivity index (χ1) is 8.04. The van der Waals surface area contributed by atoms with Crippen molar-refractivity contribution in [3.05, 3.63) is 0 Å². The van der Waals surface area contributed by atoms with Gasteiger partial charge < -0.3 is 15.8 Å². The van der Waals surface area contributed by atoms with Gasteiger partial charge in [-0.15, -0.1) is 0 Å². The first-order valence-corrected chi connectivity index (χ1v) is 6.67. The number of primary amides is 1. The van der Waals surface area contributed by atoms with Crippen molar-refractivity contribution in [2.45, 2.75) is 58.6 Å². The van der Waals surface area contributed by atoms with Crippen LogP contribution in [0.2, 0.25) is 0 Å². The van der Waals surface area contributed by atoms with Gasteiger partial charge in [-0.2, -0.15) is 0 Å². The van der Waals surface area contributed by atoms with Gasteiger partial charge in [0, 0.05) is 24.5 Å². The molecule has 0 spiro atoms. The third-order valence-electron chi connectivity index (χ3n) is 4.10. The van der Waals surface area contributed by atoms with Crippen molar-refractivity contribution in [3.8, 4) is 0 Å². The molecule has 1 aliphatic rings. The highest BCUT2D eigenvalue weighted by Crippen LogP contribution is 2.45. The molecule has 0 aromatic rings.